The SMILES string of the molecule is CCCCNC(=O)C(Cc1ccccc1)N(Cc1cccc(Br)c1)C(=O)CN(c1ccc(OC)c(Cl)c1)S(=O)(=O)c1ccc(C)cc1. The van der Waals surface area contributed by atoms with Crippen LogP contribution in [0.15, 0.2) is 106 Å². The van der Waals surface area contributed by atoms with Gasteiger partial charge in [0.25, 0.3) is 10.0 Å². The predicted molar refractivity (Wildman–Crippen MR) is 190 cm³/mol. The maximum atomic E-state index is 14.6. The molecule has 4 rings (SSSR count). The molecule has 4 aromatic carbocycles. The molecule has 1 unspecified atom stereocenters. The molecule has 11 heteroatoms. The molecule has 248 valence electrons. The predicted octanol–water partition coefficient (Wildman–Crippen LogP) is 7.17. The van der Waals surface area contributed by atoms with Gasteiger partial charge < -0.3 is 15.0 Å². The summed E-state index contributed by atoms with van der Waals surface area (Å²) in [5.74, 6) is -0.511. The standard InChI is InChI=1S/C36H39BrClN3O5S/c1-4-5-20-39-36(43)33(22-27-10-7-6-8-11-27)40(24-28-12-9-13-29(37)21-28)35(42)25-41(30-16-19-34(46-3)32(38)23-30)47(44,45)31-17-14-26(2)15-18-31/h6-19,21,23,33H,4-5,20,22,24-25H2,1-3H3,(H,39,43). The monoisotopic (exact) mass is 739 g/mol. The van der Waals surface area contributed by atoms with Gasteiger partial charge in [-0.15, -0.1) is 0 Å². The lowest BCUT2D eigenvalue weighted by Crippen LogP contribution is -2.53. The van der Waals surface area contributed by atoms with Crippen LogP contribution in [0.5, 0.6) is 5.75 Å². The fraction of sp³-hybridized carbons (Fsp3) is 0.278. The number of hydrogen-bond acceptors (Lipinski definition) is 5. The van der Waals surface area contributed by atoms with E-state index in [9.17, 15) is 18.0 Å². The fourth-order valence-corrected chi connectivity index (χ4v) is 7.17. The summed E-state index contributed by atoms with van der Waals surface area (Å²) in [5.41, 5.74) is 2.70. The van der Waals surface area contributed by atoms with Gasteiger partial charge in [0.05, 0.1) is 22.7 Å². The minimum Gasteiger partial charge on any atom is -0.495 e. The second kappa shape index (κ2) is 16.8. The second-order valence-electron chi connectivity index (χ2n) is 11.1. The Bertz CT molecular complexity index is 1770. The summed E-state index contributed by atoms with van der Waals surface area (Å²) >= 11 is 9.96. The molecule has 0 spiro atoms. The number of anilines is 1. The van der Waals surface area contributed by atoms with E-state index >= 15 is 0 Å². The third-order valence-corrected chi connectivity index (χ3v) is 10.2. The Morgan fingerprint density at radius 1 is 0.936 bits per heavy atom. The van der Waals surface area contributed by atoms with Crippen LogP contribution in [0.25, 0.3) is 0 Å². The minimum absolute atomic E-state index is 0.0134. The summed E-state index contributed by atoms with van der Waals surface area (Å²) in [4.78, 5) is 29.9. The van der Waals surface area contributed by atoms with E-state index in [1.54, 1.807) is 24.3 Å². The van der Waals surface area contributed by atoms with Crippen molar-refractivity contribution in [3.63, 3.8) is 0 Å². The smallest absolute Gasteiger partial charge is 0.264 e. The van der Waals surface area contributed by atoms with E-state index in [1.165, 1.54) is 30.2 Å². The number of unbranched alkanes of at least 4 members (excludes halogenated alkanes) is 1. The molecule has 0 aliphatic heterocycles. The van der Waals surface area contributed by atoms with E-state index in [2.05, 4.69) is 21.2 Å². The van der Waals surface area contributed by atoms with Crippen molar-refractivity contribution in [1.29, 1.82) is 0 Å². The van der Waals surface area contributed by atoms with Crippen LogP contribution >= 0.6 is 27.5 Å². The maximum absolute atomic E-state index is 14.6. The van der Waals surface area contributed by atoms with Crippen molar-refractivity contribution in [3.8, 4) is 5.75 Å². The van der Waals surface area contributed by atoms with E-state index in [-0.39, 0.29) is 34.5 Å². The number of benzene rings is 4. The number of halogens is 2. The molecule has 47 heavy (non-hydrogen) atoms. The molecule has 0 aromatic heterocycles. The Morgan fingerprint density at radius 3 is 2.28 bits per heavy atom. The first-order valence-electron chi connectivity index (χ1n) is 15.3. The fourth-order valence-electron chi connectivity index (χ4n) is 5.07. The van der Waals surface area contributed by atoms with Crippen LogP contribution in [0.4, 0.5) is 5.69 Å². The van der Waals surface area contributed by atoms with Gasteiger partial charge in [0.15, 0.2) is 0 Å². The lowest BCUT2D eigenvalue weighted by molar-refractivity contribution is -0.140. The van der Waals surface area contributed by atoms with Crippen LogP contribution in [-0.4, -0.2) is 51.4 Å². The van der Waals surface area contributed by atoms with Gasteiger partial charge in [0.2, 0.25) is 11.8 Å². The first kappa shape index (κ1) is 36.0. The Balaban J connectivity index is 1.81. The molecule has 2 amide bonds. The number of ether oxygens (including phenoxy) is 1. The molecule has 1 N–H and O–H groups in total. The molecular weight excluding hydrogens is 702 g/mol. The molecule has 1 atom stereocenters. The number of aryl methyl sites for hydroxylation is 1. The van der Waals surface area contributed by atoms with Crippen LogP contribution in [0.3, 0.4) is 0 Å². The zero-order valence-corrected chi connectivity index (χ0v) is 29.8. The average Bonchev–Trinajstić information content (AvgIpc) is 3.05. The van der Waals surface area contributed by atoms with Gasteiger partial charge in [-0.2, -0.15) is 0 Å². The van der Waals surface area contributed by atoms with Crippen molar-refractivity contribution in [2.45, 2.75) is 50.6 Å². The van der Waals surface area contributed by atoms with E-state index in [1.807, 2.05) is 68.4 Å². The molecular formula is C36H39BrClN3O5S. The molecule has 4 aromatic rings. The Hall–Kier alpha value is -3.86. The molecule has 0 aliphatic rings. The lowest BCUT2D eigenvalue weighted by Gasteiger charge is -2.34. The zero-order valence-electron chi connectivity index (χ0n) is 26.7. The highest BCUT2D eigenvalue weighted by molar-refractivity contribution is 9.10. The van der Waals surface area contributed by atoms with Crippen molar-refractivity contribution in [3.05, 3.63) is 123 Å². The van der Waals surface area contributed by atoms with Crippen molar-refractivity contribution in [2.75, 3.05) is 24.5 Å². The van der Waals surface area contributed by atoms with Crippen molar-refractivity contribution in [2.24, 2.45) is 0 Å². The van der Waals surface area contributed by atoms with Crippen LogP contribution in [0.2, 0.25) is 5.02 Å². The van der Waals surface area contributed by atoms with Gasteiger partial charge in [-0.25, -0.2) is 8.42 Å². The number of sulfonamides is 1. The van der Waals surface area contributed by atoms with Gasteiger partial charge in [-0.1, -0.05) is 101 Å². The summed E-state index contributed by atoms with van der Waals surface area (Å²) in [7, 11) is -2.80. The average molecular weight is 741 g/mol. The first-order chi connectivity index (χ1) is 22.5. The molecule has 0 radical (unpaired) electrons. The molecule has 0 fully saturated rings. The maximum Gasteiger partial charge on any atom is 0.264 e. The molecule has 0 aliphatic carbocycles. The Labute approximate surface area is 290 Å². The largest absolute Gasteiger partial charge is 0.495 e. The van der Waals surface area contributed by atoms with Crippen molar-refractivity contribution >= 4 is 55.1 Å². The summed E-state index contributed by atoms with van der Waals surface area (Å²) in [6.45, 7) is 3.83. The highest BCUT2D eigenvalue weighted by atomic mass is 79.9. The highest BCUT2D eigenvalue weighted by Gasteiger charge is 2.35. The summed E-state index contributed by atoms with van der Waals surface area (Å²) in [6.07, 6.45) is 1.91. The molecule has 0 saturated heterocycles. The number of hydrogen-bond donors (Lipinski definition) is 1. The number of nitrogens with zero attached hydrogens (tertiary/aromatic N) is 2. The first-order valence-corrected chi connectivity index (χ1v) is 17.9. The van der Waals surface area contributed by atoms with Gasteiger partial charge in [-0.05, 0) is 66.9 Å². The minimum atomic E-state index is -4.26. The van der Waals surface area contributed by atoms with Gasteiger partial charge in [0, 0.05) is 24.0 Å². The Morgan fingerprint density at radius 2 is 1.64 bits per heavy atom. The Kier molecular flexibility index (Phi) is 12.9. The summed E-state index contributed by atoms with van der Waals surface area (Å²) in [6, 6.07) is 27.0. The summed E-state index contributed by atoms with van der Waals surface area (Å²) in [5, 5.41) is 3.18. The second-order valence-corrected chi connectivity index (χ2v) is 14.3. The third-order valence-electron chi connectivity index (χ3n) is 7.65. The molecule has 8 nitrogen and oxygen atoms in total. The summed E-state index contributed by atoms with van der Waals surface area (Å²) < 4.78 is 35.6. The number of carbonyl (C=O) groups excluding carboxylic acids is 2. The quantitative estimate of drug-likeness (QED) is 0.131. The van der Waals surface area contributed by atoms with E-state index in [0.29, 0.717) is 12.3 Å². The molecule has 0 heterocycles. The van der Waals surface area contributed by atoms with Crippen LogP contribution < -0.4 is 14.4 Å². The normalized spacial score (nSPS) is 11.9. The number of carbonyl (C=O) groups is 2. The third kappa shape index (κ3) is 9.59. The zero-order chi connectivity index (χ0) is 34.0. The van der Waals surface area contributed by atoms with E-state index in [4.69, 9.17) is 16.3 Å². The number of rotatable bonds is 15. The van der Waals surface area contributed by atoms with Crippen LogP contribution in [-0.2, 0) is 32.6 Å². The van der Waals surface area contributed by atoms with Crippen LogP contribution in [0.1, 0.15) is 36.5 Å². The van der Waals surface area contributed by atoms with Crippen molar-refractivity contribution < 1.29 is 22.7 Å². The topological polar surface area (TPSA) is 96.0 Å². The number of amides is 2. The molecule has 0 bridgehead atoms. The number of methoxy groups -OCH3 is 1. The van der Waals surface area contributed by atoms with Crippen LogP contribution in [0, 0.1) is 6.92 Å². The van der Waals surface area contributed by atoms with Gasteiger partial charge in [0.1, 0.15) is 18.3 Å². The van der Waals surface area contributed by atoms with Gasteiger partial charge >= 0.3 is 0 Å². The lowest BCUT2D eigenvalue weighted by atomic mass is 10.0. The van der Waals surface area contributed by atoms with E-state index < -0.39 is 28.5 Å². The highest BCUT2D eigenvalue weighted by Crippen LogP contribution is 2.32. The van der Waals surface area contributed by atoms with E-state index in [0.717, 1.165) is 38.3 Å². The number of nitrogens with one attached hydrogen (secondary N) is 1. The van der Waals surface area contributed by atoms with Gasteiger partial charge in [-0.3, -0.25) is 13.9 Å². The van der Waals surface area contributed by atoms with Crippen molar-refractivity contribution in [1.82, 2.24) is 10.2 Å². The molecule has 0 saturated carbocycles.